The predicted octanol–water partition coefficient (Wildman–Crippen LogP) is 9.84. The highest BCUT2D eigenvalue weighted by Gasteiger charge is 2.18. The zero-order valence-corrected chi connectivity index (χ0v) is 36.6. The third-order valence-electron chi connectivity index (χ3n) is 9.00. The standard InChI is InChI=1S/C44H30N4.4HO3P/c1-5-13-29(14-6-1)41-33-21-23-35(45-33)42(30-15-7-2-8-16-30)37-25-27-39(47-37)44(32-19-11-4-12-20-32)40-28-26-38(48-40)43(31-17-9-3-10-18-31)36-24-22-34(41)46-36;4*1-4(2)3/h1-28,45,48H;4*(H-,1,2,3)/p+4. The molecule has 5 heterocycles. The van der Waals surface area contributed by atoms with Crippen LogP contribution in [0.2, 0.25) is 0 Å². The van der Waals surface area contributed by atoms with Gasteiger partial charge in [0.1, 0.15) is 0 Å². The molecule has 7 aromatic rings. The van der Waals surface area contributed by atoms with E-state index in [-0.39, 0.29) is 0 Å². The van der Waals surface area contributed by atoms with Crippen LogP contribution in [-0.2, 0) is 18.3 Å². The Kier molecular flexibility index (Phi) is 18.1. The minimum absolute atomic E-state index is 0.906. The molecule has 64 heavy (non-hydrogen) atoms. The summed E-state index contributed by atoms with van der Waals surface area (Å²) in [5.41, 5.74) is 16.2. The maximum Gasteiger partial charge on any atom is 0.692 e. The number of hydrogen-bond acceptors (Lipinski definition) is 6. The number of rotatable bonds is 4. The van der Waals surface area contributed by atoms with Gasteiger partial charge in [0.2, 0.25) is 0 Å². The maximum absolute atomic E-state index is 8.70. The summed E-state index contributed by atoms with van der Waals surface area (Å²) in [7, 11) is -11.5. The van der Waals surface area contributed by atoms with Crippen molar-refractivity contribution in [2.75, 3.05) is 0 Å². The average molecular weight is 939 g/mol. The maximum atomic E-state index is 8.70. The molecule has 0 aliphatic carbocycles. The van der Waals surface area contributed by atoms with E-state index in [9.17, 15) is 0 Å². The highest BCUT2D eigenvalue weighted by molar-refractivity contribution is 7.31. The molecular formula is C44H38N4O12P4+4. The zero-order valence-electron chi connectivity index (χ0n) is 33.1. The Hall–Kier alpha value is -6.44. The number of hydrogen-bond donors (Lipinski definition) is 10. The molecule has 10 N–H and O–H groups in total. The second-order valence-electron chi connectivity index (χ2n) is 13.0. The number of H-pyrrole nitrogens is 2. The Bertz CT molecular complexity index is 2590. The molecule has 8 bridgehead atoms. The zero-order chi connectivity index (χ0) is 46.2. The van der Waals surface area contributed by atoms with E-state index in [1.165, 1.54) is 0 Å². The van der Waals surface area contributed by atoms with E-state index in [1.807, 2.05) is 24.3 Å². The van der Waals surface area contributed by atoms with Gasteiger partial charge in [-0.15, -0.1) is 39.1 Å². The van der Waals surface area contributed by atoms with Gasteiger partial charge in [0.15, 0.2) is 0 Å². The smallest absolute Gasteiger partial charge is 0.354 e. The van der Waals surface area contributed by atoms with Gasteiger partial charge in [-0.2, -0.15) is 0 Å². The molecular weight excluding hydrogens is 900 g/mol. The van der Waals surface area contributed by atoms with E-state index in [0.717, 1.165) is 89.4 Å². The van der Waals surface area contributed by atoms with Crippen LogP contribution in [0, 0.1) is 0 Å². The Balaban J connectivity index is 0.000000419. The predicted molar refractivity (Wildman–Crippen MR) is 249 cm³/mol. The van der Waals surface area contributed by atoms with Crippen LogP contribution in [0.15, 0.2) is 146 Å². The third-order valence-corrected chi connectivity index (χ3v) is 9.00. The topological polar surface area (TPSA) is 287 Å². The molecule has 16 nitrogen and oxygen atoms in total. The van der Waals surface area contributed by atoms with Gasteiger partial charge in [0.25, 0.3) is 0 Å². The molecule has 2 aliphatic heterocycles. The van der Waals surface area contributed by atoms with Crippen molar-refractivity contribution < 1.29 is 57.4 Å². The number of aromatic amines is 2. The Labute approximate surface area is 368 Å². The van der Waals surface area contributed by atoms with Crippen molar-refractivity contribution in [3.05, 3.63) is 168 Å². The second kappa shape index (κ2) is 23.9. The van der Waals surface area contributed by atoms with Crippen LogP contribution in [0.25, 0.3) is 90.9 Å². The summed E-state index contributed by atoms with van der Waals surface area (Å²) in [6.45, 7) is 0. The molecule has 2 aliphatic rings. The molecule has 0 amide bonds. The van der Waals surface area contributed by atoms with Crippen LogP contribution >= 0.6 is 33.0 Å². The van der Waals surface area contributed by atoms with Crippen LogP contribution < -0.4 is 0 Å². The summed E-state index contributed by atoms with van der Waals surface area (Å²) < 4.78 is 34.8. The monoisotopic (exact) mass is 938 g/mol. The van der Waals surface area contributed by atoms with Gasteiger partial charge in [-0.25, -0.2) is 9.97 Å². The lowest BCUT2D eigenvalue weighted by atomic mass is 10.0. The molecule has 0 unspecified atom stereocenters. The molecule has 0 radical (unpaired) electrons. The normalized spacial score (nSPS) is 10.6. The highest BCUT2D eigenvalue weighted by atomic mass is 31.1. The molecule has 3 aromatic heterocycles. The second-order valence-corrected chi connectivity index (χ2v) is 15.0. The van der Waals surface area contributed by atoms with E-state index in [2.05, 4.69) is 156 Å². The Morgan fingerprint density at radius 3 is 0.641 bits per heavy atom. The molecule has 0 saturated heterocycles. The summed E-state index contributed by atoms with van der Waals surface area (Å²) in [5.74, 6) is 0. The SMILES string of the molecule is C1=Cc2nc1c(-c1ccccc1)c1ccc([nH]1)c(-c1ccccc1)c1nc(c(-c3ccccc3)c3ccc([nH]3)c2-c2ccccc2)C=C1.O=[P+](O)O.O=[P+](O)O.O=[P+](O)O.O=[P+](O)O. The van der Waals surface area contributed by atoms with Crippen molar-refractivity contribution >= 4 is 79.4 Å². The lowest BCUT2D eigenvalue weighted by Gasteiger charge is -2.07. The van der Waals surface area contributed by atoms with Crippen LogP contribution in [0.4, 0.5) is 0 Å². The molecule has 9 rings (SSSR count). The first-order valence-corrected chi connectivity index (χ1v) is 23.2. The lowest BCUT2D eigenvalue weighted by molar-refractivity contribution is 0.403. The fraction of sp³-hybridized carbons (Fsp3) is 0. The fourth-order valence-electron chi connectivity index (χ4n) is 6.84. The number of nitrogens with one attached hydrogen (secondary N) is 2. The first-order chi connectivity index (χ1) is 30.7. The largest absolute Gasteiger partial charge is 0.692 e. The number of aromatic nitrogens is 4. The first kappa shape index (κ1) is 48.6. The van der Waals surface area contributed by atoms with Crippen molar-refractivity contribution in [1.82, 2.24) is 19.9 Å². The van der Waals surface area contributed by atoms with E-state index < -0.39 is 33.0 Å². The summed E-state index contributed by atoms with van der Waals surface area (Å²) in [6.07, 6.45) is 8.54. The van der Waals surface area contributed by atoms with Crippen LogP contribution in [-0.4, -0.2) is 59.1 Å². The van der Waals surface area contributed by atoms with Crippen molar-refractivity contribution in [1.29, 1.82) is 0 Å². The molecule has 0 fully saturated rings. The molecule has 322 valence electrons. The highest BCUT2D eigenvalue weighted by Crippen LogP contribution is 2.38. The average Bonchev–Trinajstić information content (AvgIpc) is 4.10. The number of benzene rings is 4. The van der Waals surface area contributed by atoms with Gasteiger partial charge in [0.05, 0.1) is 22.8 Å². The molecule has 0 spiro atoms. The van der Waals surface area contributed by atoms with Gasteiger partial charge in [-0.1, -0.05) is 121 Å². The fourth-order valence-corrected chi connectivity index (χ4v) is 6.84. The number of nitrogens with zero attached hydrogens (tertiary/aromatic N) is 2. The molecule has 0 saturated carbocycles. The summed E-state index contributed by atoms with van der Waals surface area (Å²) in [6, 6.07) is 50.7. The minimum atomic E-state index is -2.87. The van der Waals surface area contributed by atoms with Crippen LogP contribution in [0.1, 0.15) is 22.8 Å². The minimum Gasteiger partial charge on any atom is -0.354 e. The summed E-state index contributed by atoms with van der Waals surface area (Å²) >= 11 is 0. The van der Waals surface area contributed by atoms with Gasteiger partial charge < -0.3 is 9.97 Å². The molecule has 0 atom stereocenters. The van der Waals surface area contributed by atoms with Crippen LogP contribution in [0.3, 0.4) is 0 Å². The summed E-state index contributed by atoms with van der Waals surface area (Å²) in [4.78, 5) is 75.3. The van der Waals surface area contributed by atoms with Crippen molar-refractivity contribution in [2.24, 2.45) is 0 Å². The van der Waals surface area contributed by atoms with E-state index in [4.69, 9.17) is 67.4 Å². The third kappa shape index (κ3) is 13.8. The lowest BCUT2D eigenvalue weighted by Crippen LogP contribution is -1.89. The van der Waals surface area contributed by atoms with Crippen molar-refractivity contribution in [3.8, 4) is 44.5 Å². The van der Waals surface area contributed by atoms with Crippen LogP contribution in [0.5, 0.6) is 0 Å². The number of fused-ring (bicyclic) bond motifs is 8. The molecule has 4 aromatic carbocycles. The van der Waals surface area contributed by atoms with Gasteiger partial charge in [0, 0.05) is 62.6 Å². The summed E-state index contributed by atoms with van der Waals surface area (Å²) in [5, 5.41) is 0. The Morgan fingerprint density at radius 1 is 0.297 bits per heavy atom. The van der Waals surface area contributed by atoms with E-state index >= 15 is 0 Å². The van der Waals surface area contributed by atoms with Crippen molar-refractivity contribution in [3.63, 3.8) is 0 Å². The quantitative estimate of drug-likeness (QED) is 0.0735. The van der Waals surface area contributed by atoms with E-state index in [1.54, 1.807) is 0 Å². The Morgan fingerprint density at radius 2 is 0.469 bits per heavy atom. The first-order valence-electron chi connectivity index (χ1n) is 18.5. The van der Waals surface area contributed by atoms with Gasteiger partial charge >= 0.3 is 33.0 Å². The van der Waals surface area contributed by atoms with Crippen molar-refractivity contribution in [2.45, 2.75) is 0 Å². The van der Waals surface area contributed by atoms with Gasteiger partial charge in [-0.05, 0) is 70.8 Å². The van der Waals surface area contributed by atoms with E-state index in [0.29, 0.717) is 0 Å². The van der Waals surface area contributed by atoms with Gasteiger partial charge in [-0.3, -0.25) is 0 Å². The molecule has 20 heteroatoms.